The summed E-state index contributed by atoms with van der Waals surface area (Å²) < 4.78 is 13.8. The van der Waals surface area contributed by atoms with E-state index in [2.05, 4.69) is 9.97 Å². The standard InChI is InChI=1S/C14H13FN2O2S/c1-2-3-10-7-13(19)17-14(16-10)20-12-5-4-9(8-18)6-11(12)15/h4-8H,2-3H2,1H3,(H,16,17,19). The smallest absolute Gasteiger partial charge is 0.251 e. The van der Waals surface area contributed by atoms with Gasteiger partial charge in [0.2, 0.25) is 0 Å². The van der Waals surface area contributed by atoms with Gasteiger partial charge >= 0.3 is 0 Å². The lowest BCUT2D eigenvalue weighted by atomic mass is 10.2. The molecular formula is C14H13FN2O2S. The van der Waals surface area contributed by atoms with E-state index >= 15 is 0 Å². The zero-order valence-electron chi connectivity index (χ0n) is 10.9. The van der Waals surface area contributed by atoms with Crippen LogP contribution in [0.15, 0.2) is 39.1 Å². The van der Waals surface area contributed by atoms with Gasteiger partial charge in [-0.1, -0.05) is 19.4 Å². The highest BCUT2D eigenvalue weighted by atomic mass is 32.2. The number of hydrogen-bond acceptors (Lipinski definition) is 4. The zero-order chi connectivity index (χ0) is 14.5. The molecular weight excluding hydrogens is 279 g/mol. The highest BCUT2D eigenvalue weighted by Crippen LogP contribution is 2.27. The summed E-state index contributed by atoms with van der Waals surface area (Å²) in [4.78, 5) is 29.2. The highest BCUT2D eigenvalue weighted by molar-refractivity contribution is 7.99. The number of aryl methyl sites for hydroxylation is 1. The number of carbonyl (C=O) groups excluding carboxylic acids is 1. The van der Waals surface area contributed by atoms with Crippen molar-refractivity contribution in [3.63, 3.8) is 0 Å². The average Bonchev–Trinajstić information content (AvgIpc) is 2.41. The molecule has 1 aromatic carbocycles. The normalized spacial score (nSPS) is 10.5. The number of halogens is 1. The molecule has 1 aromatic heterocycles. The van der Waals surface area contributed by atoms with Crippen LogP contribution in [-0.4, -0.2) is 16.3 Å². The van der Waals surface area contributed by atoms with Crippen molar-refractivity contribution >= 4 is 18.0 Å². The Kier molecular flexibility index (Phi) is 4.68. The number of nitrogens with zero attached hydrogens (tertiary/aromatic N) is 1. The van der Waals surface area contributed by atoms with Crippen molar-refractivity contribution < 1.29 is 9.18 Å². The molecule has 0 unspecified atom stereocenters. The average molecular weight is 292 g/mol. The lowest BCUT2D eigenvalue weighted by molar-refractivity contribution is 0.112. The maximum Gasteiger partial charge on any atom is 0.251 e. The second kappa shape index (κ2) is 6.47. The van der Waals surface area contributed by atoms with E-state index in [0.29, 0.717) is 28.5 Å². The van der Waals surface area contributed by atoms with Crippen LogP contribution in [0.5, 0.6) is 0 Å². The van der Waals surface area contributed by atoms with E-state index in [1.807, 2.05) is 6.92 Å². The van der Waals surface area contributed by atoms with Crippen LogP contribution in [0.4, 0.5) is 4.39 Å². The number of aldehydes is 1. The van der Waals surface area contributed by atoms with Crippen molar-refractivity contribution in [3.8, 4) is 0 Å². The molecule has 0 aliphatic heterocycles. The quantitative estimate of drug-likeness (QED) is 0.680. The minimum atomic E-state index is -0.511. The van der Waals surface area contributed by atoms with Gasteiger partial charge in [-0.25, -0.2) is 9.37 Å². The number of carbonyl (C=O) groups is 1. The Morgan fingerprint density at radius 1 is 1.40 bits per heavy atom. The number of rotatable bonds is 5. The molecule has 0 radical (unpaired) electrons. The Morgan fingerprint density at radius 3 is 2.85 bits per heavy atom. The monoisotopic (exact) mass is 292 g/mol. The lowest BCUT2D eigenvalue weighted by Gasteiger charge is -2.04. The Morgan fingerprint density at radius 2 is 2.20 bits per heavy atom. The van der Waals surface area contributed by atoms with Gasteiger partial charge in [-0.2, -0.15) is 0 Å². The van der Waals surface area contributed by atoms with Crippen LogP contribution in [0, 0.1) is 5.82 Å². The van der Waals surface area contributed by atoms with E-state index in [4.69, 9.17) is 0 Å². The maximum absolute atomic E-state index is 13.8. The summed E-state index contributed by atoms with van der Waals surface area (Å²) in [6.07, 6.45) is 2.16. The first-order valence-corrected chi connectivity index (χ1v) is 6.97. The second-order valence-electron chi connectivity index (χ2n) is 4.20. The first-order chi connectivity index (χ1) is 9.62. The fraction of sp³-hybridized carbons (Fsp3) is 0.214. The molecule has 6 heteroatoms. The van der Waals surface area contributed by atoms with Gasteiger partial charge in [0.15, 0.2) is 5.16 Å². The Hall–Kier alpha value is -1.95. The molecule has 0 bridgehead atoms. The molecule has 0 fully saturated rings. The van der Waals surface area contributed by atoms with Gasteiger partial charge in [0.05, 0.1) is 4.90 Å². The molecule has 1 N–H and O–H groups in total. The van der Waals surface area contributed by atoms with Gasteiger partial charge in [0.1, 0.15) is 12.1 Å². The van der Waals surface area contributed by atoms with Crippen molar-refractivity contribution in [2.75, 3.05) is 0 Å². The zero-order valence-corrected chi connectivity index (χ0v) is 11.7. The molecule has 0 saturated heterocycles. The first-order valence-electron chi connectivity index (χ1n) is 6.15. The topological polar surface area (TPSA) is 62.8 Å². The van der Waals surface area contributed by atoms with Gasteiger partial charge in [-0.05, 0) is 30.3 Å². The fourth-order valence-electron chi connectivity index (χ4n) is 1.69. The molecule has 4 nitrogen and oxygen atoms in total. The summed E-state index contributed by atoms with van der Waals surface area (Å²) in [5, 5.41) is 0.346. The van der Waals surface area contributed by atoms with Crippen molar-refractivity contribution in [2.45, 2.75) is 29.8 Å². The predicted octanol–water partition coefficient (Wildman–Crippen LogP) is 2.83. The van der Waals surface area contributed by atoms with Crippen LogP contribution in [0.3, 0.4) is 0 Å². The van der Waals surface area contributed by atoms with E-state index in [-0.39, 0.29) is 11.1 Å². The summed E-state index contributed by atoms with van der Waals surface area (Å²) in [5.74, 6) is -0.511. The summed E-state index contributed by atoms with van der Waals surface area (Å²) in [6.45, 7) is 1.99. The van der Waals surface area contributed by atoms with Gasteiger partial charge in [-0.15, -0.1) is 0 Å². The van der Waals surface area contributed by atoms with Crippen LogP contribution in [0.1, 0.15) is 29.4 Å². The molecule has 0 atom stereocenters. The molecule has 0 amide bonds. The van der Waals surface area contributed by atoms with Gasteiger partial charge in [-0.3, -0.25) is 9.59 Å². The van der Waals surface area contributed by atoms with Crippen molar-refractivity contribution in [1.29, 1.82) is 0 Å². The van der Waals surface area contributed by atoms with E-state index in [9.17, 15) is 14.0 Å². The number of aromatic nitrogens is 2. The van der Waals surface area contributed by atoms with Crippen molar-refractivity contribution in [3.05, 3.63) is 51.7 Å². The molecule has 20 heavy (non-hydrogen) atoms. The number of nitrogens with one attached hydrogen (secondary N) is 1. The molecule has 0 saturated carbocycles. The molecule has 0 aliphatic rings. The van der Waals surface area contributed by atoms with Crippen LogP contribution >= 0.6 is 11.8 Å². The fourth-order valence-corrected chi connectivity index (χ4v) is 2.51. The molecule has 2 rings (SSSR count). The number of benzene rings is 1. The highest BCUT2D eigenvalue weighted by Gasteiger charge is 2.08. The van der Waals surface area contributed by atoms with Gasteiger partial charge in [0.25, 0.3) is 5.56 Å². The van der Waals surface area contributed by atoms with E-state index in [1.165, 1.54) is 18.2 Å². The van der Waals surface area contributed by atoms with E-state index in [0.717, 1.165) is 24.2 Å². The minimum absolute atomic E-state index is 0.254. The molecule has 0 aliphatic carbocycles. The Bertz CT molecular complexity index is 685. The Labute approximate surface area is 119 Å². The van der Waals surface area contributed by atoms with Crippen LogP contribution in [0.25, 0.3) is 0 Å². The van der Waals surface area contributed by atoms with Crippen LogP contribution in [-0.2, 0) is 6.42 Å². The van der Waals surface area contributed by atoms with Gasteiger partial charge < -0.3 is 4.98 Å². The summed E-state index contributed by atoms with van der Waals surface area (Å²) in [7, 11) is 0. The Balaban J connectivity index is 2.29. The molecule has 0 spiro atoms. The lowest BCUT2D eigenvalue weighted by Crippen LogP contribution is -2.09. The third-order valence-electron chi connectivity index (χ3n) is 2.58. The SMILES string of the molecule is CCCc1cc(=O)[nH]c(Sc2ccc(C=O)cc2F)n1. The number of aromatic amines is 1. The third kappa shape index (κ3) is 3.54. The second-order valence-corrected chi connectivity index (χ2v) is 5.23. The summed E-state index contributed by atoms with van der Waals surface area (Å²) in [6, 6.07) is 5.62. The molecule has 1 heterocycles. The molecule has 2 aromatic rings. The third-order valence-corrected chi connectivity index (χ3v) is 3.52. The maximum atomic E-state index is 13.8. The van der Waals surface area contributed by atoms with Crippen molar-refractivity contribution in [2.24, 2.45) is 0 Å². The molecule has 104 valence electrons. The largest absolute Gasteiger partial charge is 0.301 e. The minimum Gasteiger partial charge on any atom is -0.301 e. The van der Waals surface area contributed by atoms with Crippen molar-refractivity contribution in [1.82, 2.24) is 9.97 Å². The van der Waals surface area contributed by atoms with Crippen LogP contribution < -0.4 is 5.56 Å². The predicted molar refractivity (Wildman–Crippen MR) is 74.8 cm³/mol. The number of H-pyrrole nitrogens is 1. The van der Waals surface area contributed by atoms with E-state index in [1.54, 1.807) is 0 Å². The van der Waals surface area contributed by atoms with E-state index < -0.39 is 5.82 Å². The van der Waals surface area contributed by atoms with Gasteiger partial charge in [0, 0.05) is 17.3 Å². The summed E-state index contributed by atoms with van der Waals surface area (Å²) in [5.41, 5.74) is 0.701. The summed E-state index contributed by atoms with van der Waals surface area (Å²) >= 11 is 1.03. The van der Waals surface area contributed by atoms with Crippen LogP contribution in [0.2, 0.25) is 0 Å². The number of hydrogen-bond donors (Lipinski definition) is 1. The first kappa shape index (κ1) is 14.5.